The van der Waals surface area contributed by atoms with Gasteiger partial charge in [-0.25, -0.2) is 9.67 Å². The number of oxime groups is 1. The highest BCUT2D eigenvalue weighted by molar-refractivity contribution is 6.11. The fraction of sp³-hybridized carbons (Fsp3) is 0.545. The van der Waals surface area contributed by atoms with Gasteiger partial charge in [-0.1, -0.05) is 5.16 Å². The molecule has 0 radical (unpaired) electrons. The van der Waals surface area contributed by atoms with Gasteiger partial charge < -0.3 is 26.7 Å². The average molecular weight is 472 g/mol. The number of nitrogens with two attached hydrogens (primary N) is 2. The van der Waals surface area contributed by atoms with Crippen molar-refractivity contribution in [1.29, 1.82) is 0 Å². The summed E-state index contributed by atoms with van der Waals surface area (Å²) in [6.07, 6.45) is 5.77. The van der Waals surface area contributed by atoms with Crippen LogP contribution in [0.15, 0.2) is 17.5 Å². The van der Waals surface area contributed by atoms with E-state index in [-0.39, 0.29) is 31.2 Å². The van der Waals surface area contributed by atoms with Gasteiger partial charge in [-0.2, -0.15) is 5.10 Å². The molecule has 34 heavy (non-hydrogen) atoms. The van der Waals surface area contributed by atoms with Crippen LogP contribution in [0.4, 0.5) is 5.69 Å². The molecular weight excluding hydrogens is 442 g/mol. The number of amides is 2. The van der Waals surface area contributed by atoms with Crippen LogP contribution in [0.25, 0.3) is 11.0 Å². The van der Waals surface area contributed by atoms with Gasteiger partial charge in [0.1, 0.15) is 0 Å². The second-order valence-electron chi connectivity index (χ2n) is 9.05. The lowest BCUT2D eigenvalue weighted by atomic mass is 9.85. The highest BCUT2D eigenvalue weighted by Crippen LogP contribution is 2.37. The van der Waals surface area contributed by atoms with Gasteiger partial charge in [-0.15, -0.1) is 0 Å². The molecular formula is C22H29N7O5. The third-order valence-corrected chi connectivity index (χ3v) is 6.53. The van der Waals surface area contributed by atoms with Crippen LogP contribution in [-0.2, 0) is 25.8 Å². The molecule has 2 aliphatic rings. The first-order valence-electron chi connectivity index (χ1n) is 11.4. The highest BCUT2D eigenvalue weighted by atomic mass is 16.7. The number of carbonyl (C=O) groups is 3. The molecule has 2 amide bonds. The topological polar surface area (TPSA) is 188 Å². The quantitative estimate of drug-likeness (QED) is 0.418. The molecule has 0 unspecified atom stereocenters. The van der Waals surface area contributed by atoms with Crippen LogP contribution in [0.2, 0.25) is 0 Å². The number of rotatable bonds is 9. The smallest absolute Gasteiger partial charge is 0.306 e. The van der Waals surface area contributed by atoms with Gasteiger partial charge >= 0.3 is 5.97 Å². The van der Waals surface area contributed by atoms with Gasteiger partial charge in [0.25, 0.3) is 0 Å². The van der Waals surface area contributed by atoms with Crippen molar-refractivity contribution in [3.05, 3.63) is 18.0 Å². The summed E-state index contributed by atoms with van der Waals surface area (Å²) >= 11 is 0. The second kappa shape index (κ2) is 9.27. The van der Waals surface area contributed by atoms with Crippen molar-refractivity contribution in [2.24, 2.45) is 22.5 Å². The molecule has 1 aliphatic carbocycles. The zero-order valence-electron chi connectivity index (χ0n) is 19.0. The number of carbonyl (C=O) groups excluding carboxylic acids is 2. The molecule has 4 rings (SSSR count). The van der Waals surface area contributed by atoms with E-state index in [1.807, 2.05) is 6.92 Å². The third kappa shape index (κ3) is 4.66. The number of hydrogen-bond acceptors (Lipinski definition) is 8. The van der Waals surface area contributed by atoms with Crippen molar-refractivity contribution in [1.82, 2.24) is 14.8 Å². The number of carboxylic acid groups (broad SMARTS) is 1. The van der Waals surface area contributed by atoms with Gasteiger partial charge in [0.05, 0.1) is 41.7 Å². The molecule has 6 N–H and O–H groups in total. The van der Waals surface area contributed by atoms with E-state index in [4.69, 9.17) is 16.3 Å². The van der Waals surface area contributed by atoms with Gasteiger partial charge in [0.2, 0.25) is 11.8 Å². The Labute approximate surface area is 195 Å². The van der Waals surface area contributed by atoms with Crippen LogP contribution in [0.5, 0.6) is 0 Å². The van der Waals surface area contributed by atoms with Crippen molar-refractivity contribution in [2.75, 3.05) is 5.32 Å². The number of nitrogens with zero attached hydrogens (tertiary/aromatic N) is 4. The van der Waals surface area contributed by atoms with Crippen molar-refractivity contribution in [3.63, 3.8) is 0 Å². The van der Waals surface area contributed by atoms with E-state index in [9.17, 15) is 19.5 Å². The van der Waals surface area contributed by atoms with E-state index in [0.29, 0.717) is 49.2 Å². The Kier molecular flexibility index (Phi) is 6.40. The molecule has 2 aromatic rings. The van der Waals surface area contributed by atoms with Crippen molar-refractivity contribution < 1.29 is 24.3 Å². The Balaban J connectivity index is 1.67. The van der Waals surface area contributed by atoms with Crippen LogP contribution in [-0.4, -0.2) is 55.0 Å². The molecule has 1 fully saturated rings. The Morgan fingerprint density at radius 3 is 2.44 bits per heavy atom. The molecule has 0 bridgehead atoms. The first-order chi connectivity index (χ1) is 16.2. The molecule has 0 spiro atoms. The number of aliphatic carboxylic acids is 1. The molecule has 12 nitrogen and oxygen atoms in total. The first kappa shape index (κ1) is 23.5. The fourth-order valence-corrected chi connectivity index (χ4v) is 4.87. The number of fused-ring (bicyclic) bond motifs is 1. The van der Waals surface area contributed by atoms with E-state index in [1.165, 1.54) is 0 Å². The molecule has 1 saturated carbocycles. The first-order valence-corrected chi connectivity index (χ1v) is 11.4. The highest BCUT2D eigenvalue weighted by Gasteiger charge is 2.43. The number of anilines is 1. The number of primary amides is 2. The normalized spacial score (nSPS) is 21.6. The summed E-state index contributed by atoms with van der Waals surface area (Å²) in [5.41, 5.74) is 12.2. The Morgan fingerprint density at radius 2 is 1.85 bits per heavy atom. The summed E-state index contributed by atoms with van der Waals surface area (Å²) < 4.78 is 1.78. The predicted octanol–water partition coefficient (Wildman–Crippen LogP) is 1.12. The molecule has 1 aliphatic heterocycles. The minimum Gasteiger partial charge on any atom is -0.481 e. The molecule has 3 heterocycles. The van der Waals surface area contributed by atoms with Crippen molar-refractivity contribution >= 4 is 40.2 Å². The standard InChI is InChI=1S/C22H29N7O5/c1-2-29-20-15(11-26-29)19(27-13-5-3-12(4-6-13)21(32)33)14(10-25-20)16-7-22(34-28-16,8-17(23)30)9-18(24)31/h10-13H,2-9H2,1H3,(H2,23,30)(H2,24,31)(H,25,27)(H,32,33). The van der Waals surface area contributed by atoms with Crippen LogP contribution in [0.3, 0.4) is 0 Å². The van der Waals surface area contributed by atoms with Crippen LogP contribution in [0.1, 0.15) is 57.4 Å². The van der Waals surface area contributed by atoms with Gasteiger partial charge in [-0.05, 0) is 32.6 Å². The summed E-state index contributed by atoms with van der Waals surface area (Å²) in [5, 5.41) is 22.3. The largest absolute Gasteiger partial charge is 0.481 e. The van der Waals surface area contributed by atoms with Gasteiger partial charge in [-0.3, -0.25) is 14.4 Å². The Bertz CT molecular complexity index is 1130. The number of aromatic nitrogens is 3. The minimum absolute atomic E-state index is 0.0637. The third-order valence-electron chi connectivity index (χ3n) is 6.53. The second-order valence-corrected chi connectivity index (χ2v) is 9.05. The lowest BCUT2D eigenvalue weighted by Crippen LogP contribution is -2.39. The number of pyridine rings is 1. The molecule has 2 aromatic heterocycles. The maximum Gasteiger partial charge on any atom is 0.306 e. The summed E-state index contributed by atoms with van der Waals surface area (Å²) in [6, 6.07) is 0.0637. The Morgan fingerprint density at radius 1 is 1.18 bits per heavy atom. The zero-order chi connectivity index (χ0) is 24.5. The minimum atomic E-state index is -1.23. The maximum absolute atomic E-state index is 11.7. The van der Waals surface area contributed by atoms with E-state index in [0.717, 1.165) is 11.1 Å². The fourth-order valence-electron chi connectivity index (χ4n) is 4.87. The molecule has 182 valence electrons. The lowest BCUT2D eigenvalue weighted by molar-refractivity contribution is -0.142. The number of hydrogen-bond donors (Lipinski definition) is 4. The average Bonchev–Trinajstić information content (AvgIpc) is 3.37. The van der Waals surface area contributed by atoms with Gasteiger partial charge in [0, 0.05) is 30.8 Å². The number of aryl methyl sites for hydroxylation is 1. The number of nitrogens with one attached hydrogen (secondary N) is 1. The van der Waals surface area contributed by atoms with E-state index >= 15 is 0 Å². The van der Waals surface area contributed by atoms with Crippen LogP contribution >= 0.6 is 0 Å². The molecule has 0 aromatic carbocycles. The van der Waals surface area contributed by atoms with Crippen molar-refractivity contribution in [2.45, 2.75) is 70.1 Å². The van der Waals surface area contributed by atoms with E-state index in [1.54, 1.807) is 17.1 Å². The summed E-state index contributed by atoms with van der Waals surface area (Å²) in [6.45, 7) is 2.61. The SMILES string of the molecule is CCn1ncc2c(NC3CCC(C(=O)O)CC3)c(C3=NOC(CC(N)=O)(CC(N)=O)C3)cnc21. The lowest BCUT2D eigenvalue weighted by Gasteiger charge is -2.28. The molecule has 12 heteroatoms. The summed E-state index contributed by atoms with van der Waals surface area (Å²) in [5.74, 6) is -2.32. The molecule has 0 saturated heterocycles. The number of carboxylic acids is 1. The van der Waals surface area contributed by atoms with Crippen LogP contribution in [0, 0.1) is 5.92 Å². The van der Waals surface area contributed by atoms with Crippen molar-refractivity contribution in [3.8, 4) is 0 Å². The zero-order valence-corrected chi connectivity index (χ0v) is 19.0. The summed E-state index contributed by atoms with van der Waals surface area (Å²) in [4.78, 5) is 44.8. The monoisotopic (exact) mass is 471 g/mol. The predicted molar refractivity (Wildman–Crippen MR) is 123 cm³/mol. The van der Waals surface area contributed by atoms with E-state index < -0.39 is 23.4 Å². The van der Waals surface area contributed by atoms with E-state index in [2.05, 4.69) is 20.6 Å². The molecule has 0 atom stereocenters. The van der Waals surface area contributed by atoms with Crippen LogP contribution < -0.4 is 16.8 Å². The Hall–Kier alpha value is -3.70. The summed E-state index contributed by atoms with van der Waals surface area (Å²) in [7, 11) is 0. The van der Waals surface area contributed by atoms with Gasteiger partial charge in [0.15, 0.2) is 11.2 Å². The maximum atomic E-state index is 11.7.